The van der Waals surface area contributed by atoms with Gasteiger partial charge in [0.05, 0.1) is 0 Å². The van der Waals surface area contributed by atoms with Crippen molar-refractivity contribution in [2.75, 3.05) is 13.6 Å². The van der Waals surface area contributed by atoms with Crippen LogP contribution in [0.5, 0.6) is 0 Å². The standard InChI is InChI=1S/C13H19NO2/c1-4-14(3)13(2,12(15)16)10-11-8-6-5-7-9-11/h5-9H,4,10H2,1-3H3,(H,15,16)/t13-/m0/s1. The Balaban J connectivity index is 2.92. The number of hydrogen-bond acceptors (Lipinski definition) is 2. The Morgan fingerprint density at radius 1 is 1.38 bits per heavy atom. The van der Waals surface area contributed by atoms with Gasteiger partial charge in [-0.25, -0.2) is 0 Å². The zero-order valence-electron chi connectivity index (χ0n) is 10.1. The molecule has 0 saturated carbocycles. The van der Waals surface area contributed by atoms with Crippen LogP contribution in [-0.2, 0) is 11.2 Å². The highest BCUT2D eigenvalue weighted by atomic mass is 16.4. The number of hydrogen-bond donors (Lipinski definition) is 1. The van der Waals surface area contributed by atoms with E-state index in [1.54, 1.807) is 6.92 Å². The summed E-state index contributed by atoms with van der Waals surface area (Å²) in [7, 11) is 1.84. The summed E-state index contributed by atoms with van der Waals surface area (Å²) in [6.45, 7) is 4.45. The summed E-state index contributed by atoms with van der Waals surface area (Å²) in [5, 5.41) is 9.35. The molecule has 0 aliphatic carbocycles. The van der Waals surface area contributed by atoms with Gasteiger partial charge in [-0.2, -0.15) is 0 Å². The van der Waals surface area contributed by atoms with Crippen molar-refractivity contribution >= 4 is 5.97 Å². The Bertz CT molecular complexity index is 350. The second kappa shape index (κ2) is 5.12. The first-order valence-electron chi connectivity index (χ1n) is 5.49. The lowest BCUT2D eigenvalue weighted by molar-refractivity contribution is -0.149. The zero-order chi connectivity index (χ0) is 12.2. The number of nitrogens with zero attached hydrogens (tertiary/aromatic N) is 1. The van der Waals surface area contributed by atoms with Crippen molar-refractivity contribution in [3.8, 4) is 0 Å². The Morgan fingerprint density at radius 2 is 1.94 bits per heavy atom. The molecule has 3 heteroatoms. The molecule has 1 atom stereocenters. The molecule has 0 aromatic heterocycles. The molecule has 1 rings (SSSR count). The quantitative estimate of drug-likeness (QED) is 0.827. The summed E-state index contributed by atoms with van der Waals surface area (Å²) in [5.74, 6) is -0.777. The van der Waals surface area contributed by atoms with E-state index in [-0.39, 0.29) is 0 Å². The van der Waals surface area contributed by atoms with Gasteiger partial charge in [-0.3, -0.25) is 9.69 Å². The molecule has 0 aliphatic heterocycles. The van der Waals surface area contributed by atoms with E-state index >= 15 is 0 Å². The molecule has 88 valence electrons. The number of aliphatic carboxylic acids is 1. The van der Waals surface area contributed by atoms with Gasteiger partial charge in [0.15, 0.2) is 0 Å². The minimum absolute atomic E-state index is 0.521. The molecule has 0 saturated heterocycles. The second-order valence-corrected chi connectivity index (χ2v) is 4.26. The largest absolute Gasteiger partial charge is 0.480 e. The highest BCUT2D eigenvalue weighted by Crippen LogP contribution is 2.19. The molecule has 0 unspecified atom stereocenters. The van der Waals surface area contributed by atoms with Gasteiger partial charge in [0.1, 0.15) is 5.54 Å². The van der Waals surface area contributed by atoms with Crippen LogP contribution in [-0.4, -0.2) is 35.1 Å². The fourth-order valence-electron chi connectivity index (χ4n) is 1.72. The maximum absolute atomic E-state index is 11.4. The molecule has 0 fully saturated rings. The van der Waals surface area contributed by atoms with Crippen LogP contribution in [0.2, 0.25) is 0 Å². The predicted octanol–water partition coefficient (Wildman–Crippen LogP) is 2.02. The van der Waals surface area contributed by atoms with E-state index in [9.17, 15) is 9.90 Å². The van der Waals surface area contributed by atoms with E-state index in [0.717, 1.165) is 12.1 Å². The van der Waals surface area contributed by atoms with Crippen LogP contribution in [0.3, 0.4) is 0 Å². The Kier molecular flexibility index (Phi) is 4.07. The zero-order valence-corrected chi connectivity index (χ0v) is 10.1. The van der Waals surface area contributed by atoms with Gasteiger partial charge in [-0.05, 0) is 26.1 Å². The first kappa shape index (κ1) is 12.7. The molecule has 1 N–H and O–H groups in total. The summed E-state index contributed by atoms with van der Waals surface area (Å²) in [4.78, 5) is 13.2. The number of benzene rings is 1. The third kappa shape index (κ3) is 2.61. The topological polar surface area (TPSA) is 40.5 Å². The summed E-state index contributed by atoms with van der Waals surface area (Å²) < 4.78 is 0. The van der Waals surface area contributed by atoms with Gasteiger partial charge in [0.25, 0.3) is 0 Å². The van der Waals surface area contributed by atoms with Crippen molar-refractivity contribution in [3.05, 3.63) is 35.9 Å². The molecular formula is C13H19NO2. The van der Waals surface area contributed by atoms with Gasteiger partial charge in [0, 0.05) is 6.42 Å². The Hall–Kier alpha value is -1.35. The summed E-state index contributed by atoms with van der Waals surface area (Å²) in [6.07, 6.45) is 0.521. The lowest BCUT2D eigenvalue weighted by atomic mass is 9.91. The van der Waals surface area contributed by atoms with Crippen molar-refractivity contribution in [3.63, 3.8) is 0 Å². The third-order valence-corrected chi connectivity index (χ3v) is 3.17. The number of rotatable bonds is 5. The van der Waals surface area contributed by atoms with E-state index in [0.29, 0.717) is 6.42 Å². The molecule has 0 amide bonds. The number of carboxylic acids is 1. The SMILES string of the molecule is CCN(C)[C@@](C)(Cc1ccccc1)C(=O)O. The molecule has 0 radical (unpaired) electrons. The number of carboxylic acid groups (broad SMARTS) is 1. The van der Waals surface area contributed by atoms with Crippen molar-refractivity contribution in [1.82, 2.24) is 4.90 Å². The minimum Gasteiger partial charge on any atom is -0.480 e. The fourth-order valence-corrected chi connectivity index (χ4v) is 1.72. The van der Waals surface area contributed by atoms with Crippen molar-refractivity contribution in [2.24, 2.45) is 0 Å². The van der Waals surface area contributed by atoms with Gasteiger partial charge in [-0.1, -0.05) is 37.3 Å². The lowest BCUT2D eigenvalue weighted by Crippen LogP contribution is -2.52. The first-order valence-corrected chi connectivity index (χ1v) is 5.49. The monoisotopic (exact) mass is 221 g/mol. The van der Waals surface area contributed by atoms with Crippen LogP contribution in [0, 0.1) is 0 Å². The van der Waals surface area contributed by atoms with Crippen LogP contribution in [0.4, 0.5) is 0 Å². The van der Waals surface area contributed by atoms with Gasteiger partial charge < -0.3 is 5.11 Å². The molecule has 0 spiro atoms. The van der Waals surface area contributed by atoms with Crippen LogP contribution in [0.15, 0.2) is 30.3 Å². The molecule has 16 heavy (non-hydrogen) atoms. The van der Waals surface area contributed by atoms with Crippen molar-refractivity contribution in [2.45, 2.75) is 25.8 Å². The first-order chi connectivity index (χ1) is 7.50. The van der Waals surface area contributed by atoms with Crippen LogP contribution < -0.4 is 0 Å². The van der Waals surface area contributed by atoms with Gasteiger partial charge in [0.2, 0.25) is 0 Å². The molecule has 0 aliphatic rings. The van der Waals surface area contributed by atoms with E-state index in [1.807, 2.05) is 49.2 Å². The average molecular weight is 221 g/mol. The maximum Gasteiger partial charge on any atom is 0.324 e. The summed E-state index contributed by atoms with van der Waals surface area (Å²) in [6, 6.07) is 9.73. The molecule has 0 bridgehead atoms. The van der Waals surface area contributed by atoms with Crippen molar-refractivity contribution in [1.29, 1.82) is 0 Å². The smallest absolute Gasteiger partial charge is 0.324 e. The number of carbonyl (C=O) groups is 1. The average Bonchev–Trinajstić information content (AvgIpc) is 2.28. The Labute approximate surface area is 96.7 Å². The maximum atomic E-state index is 11.4. The summed E-state index contributed by atoms with van der Waals surface area (Å²) in [5.41, 5.74) is 0.212. The fraction of sp³-hybridized carbons (Fsp3) is 0.462. The predicted molar refractivity (Wildman–Crippen MR) is 64.5 cm³/mol. The van der Waals surface area contributed by atoms with Crippen LogP contribution >= 0.6 is 0 Å². The minimum atomic E-state index is -0.837. The van der Waals surface area contributed by atoms with E-state index in [1.165, 1.54) is 0 Å². The van der Waals surface area contributed by atoms with Crippen molar-refractivity contribution < 1.29 is 9.90 Å². The second-order valence-electron chi connectivity index (χ2n) is 4.26. The Morgan fingerprint density at radius 3 is 2.38 bits per heavy atom. The van der Waals surface area contributed by atoms with Crippen LogP contribution in [0.1, 0.15) is 19.4 Å². The third-order valence-electron chi connectivity index (χ3n) is 3.17. The van der Waals surface area contributed by atoms with E-state index in [2.05, 4.69) is 0 Å². The highest BCUT2D eigenvalue weighted by molar-refractivity contribution is 5.78. The van der Waals surface area contributed by atoms with E-state index in [4.69, 9.17) is 0 Å². The number of likely N-dealkylation sites (N-methyl/N-ethyl adjacent to an activating group) is 1. The highest BCUT2D eigenvalue weighted by Gasteiger charge is 2.36. The molecule has 1 aromatic rings. The lowest BCUT2D eigenvalue weighted by Gasteiger charge is -2.34. The molecule has 0 heterocycles. The molecule has 3 nitrogen and oxygen atoms in total. The van der Waals surface area contributed by atoms with Gasteiger partial charge in [-0.15, -0.1) is 0 Å². The molecular weight excluding hydrogens is 202 g/mol. The normalized spacial score (nSPS) is 14.8. The van der Waals surface area contributed by atoms with Crippen LogP contribution in [0.25, 0.3) is 0 Å². The molecule has 1 aromatic carbocycles. The van der Waals surface area contributed by atoms with E-state index < -0.39 is 11.5 Å². The summed E-state index contributed by atoms with van der Waals surface area (Å²) >= 11 is 0. The van der Waals surface area contributed by atoms with Gasteiger partial charge >= 0.3 is 5.97 Å².